The van der Waals surface area contributed by atoms with Crippen LogP contribution in [0.25, 0.3) is 0 Å². The minimum Gasteiger partial charge on any atom is -0.491 e. The Morgan fingerprint density at radius 2 is 1.93 bits per heavy atom. The van der Waals surface area contributed by atoms with Gasteiger partial charge >= 0.3 is 12.1 Å². The van der Waals surface area contributed by atoms with E-state index in [1.54, 1.807) is 24.3 Å². The second-order valence-corrected chi connectivity index (χ2v) is 7.42. The van der Waals surface area contributed by atoms with Crippen molar-refractivity contribution >= 4 is 12.1 Å². The number of benzene rings is 1. The second kappa shape index (κ2) is 9.47. The molecular weight excluding hydrogens is 374 g/mol. The number of rotatable bonds is 7. The van der Waals surface area contributed by atoms with Crippen LogP contribution in [-0.4, -0.2) is 77.9 Å². The van der Waals surface area contributed by atoms with Crippen molar-refractivity contribution in [3.8, 4) is 11.8 Å². The lowest BCUT2D eigenvalue weighted by atomic mass is 10.1. The van der Waals surface area contributed by atoms with E-state index in [1.807, 2.05) is 11.8 Å². The lowest BCUT2D eigenvalue weighted by molar-refractivity contribution is 0.0679. The Kier molecular flexibility index (Phi) is 6.77. The number of nitrogens with one attached hydrogen (secondary N) is 2. The largest absolute Gasteiger partial charge is 0.491 e. The summed E-state index contributed by atoms with van der Waals surface area (Å²) in [6.45, 7) is 4.52. The fraction of sp³-hybridized carbons (Fsp3) is 0.550. The third-order valence-corrected chi connectivity index (χ3v) is 5.44. The molecule has 2 saturated heterocycles. The third-order valence-electron chi connectivity index (χ3n) is 5.44. The first-order chi connectivity index (χ1) is 14.0. The van der Waals surface area contributed by atoms with Crippen molar-refractivity contribution < 1.29 is 19.4 Å². The first-order valence-electron chi connectivity index (χ1n) is 9.91. The molecule has 3 rings (SSSR count). The molecule has 2 aliphatic heterocycles. The van der Waals surface area contributed by atoms with Gasteiger partial charge in [-0.2, -0.15) is 5.26 Å². The lowest BCUT2D eigenvalue weighted by Crippen LogP contribution is -2.60. The molecule has 29 heavy (non-hydrogen) atoms. The predicted octanol–water partition coefficient (Wildman–Crippen LogP) is 1.45. The number of carbonyl (C=O) groups excluding carboxylic acids is 1. The minimum absolute atomic E-state index is 0.0339. The third kappa shape index (κ3) is 5.29. The molecular formula is C20H27N5O4. The molecule has 3 amide bonds. The van der Waals surface area contributed by atoms with E-state index in [1.165, 1.54) is 0 Å². The van der Waals surface area contributed by atoms with Gasteiger partial charge in [-0.1, -0.05) is 0 Å². The Hall–Kier alpha value is -2.99. The zero-order chi connectivity index (χ0) is 20.8. The summed E-state index contributed by atoms with van der Waals surface area (Å²) in [6, 6.07) is 8.79. The fourth-order valence-corrected chi connectivity index (χ4v) is 4.11. The summed E-state index contributed by atoms with van der Waals surface area (Å²) in [4.78, 5) is 27.6. The van der Waals surface area contributed by atoms with Crippen LogP contribution in [0.4, 0.5) is 9.59 Å². The van der Waals surface area contributed by atoms with E-state index < -0.39 is 12.1 Å². The van der Waals surface area contributed by atoms with Gasteiger partial charge in [0.15, 0.2) is 0 Å². The maximum absolute atomic E-state index is 12.2. The number of piperazine rings is 1. The van der Waals surface area contributed by atoms with Gasteiger partial charge in [0.05, 0.1) is 17.7 Å². The molecule has 0 aliphatic carbocycles. The van der Waals surface area contributed by atoms with Crippen molar-refractivity contribution in [3.05, 3.63) is 29.8 Å². The van der Waals surface area contributed by atoms with Crippen LogP contribution in [0.3, 0.4) is 0 Å². The van der Waals surface area contributed by atoms with E-state index in [4.69, 9.17) is 10.00 Å². The maximum atomic E-state index is 12.2. The topological polar surface area (TPSA) is 118 Å². The van der Waals surface area contributed by atoms with E-state index in [9.17, 15) is 14.7 Å². The summed E-state index contributed by atoms with van der Waals surface area (Å²) in [5, 5.41) is 23.5. The fourth-order valence-electron chi connectivity index (χ4n) is 4.11. The van der Waals surface area contributed by atoms with Crippen LogP contribution >= 0.6 is 0 Å². The SMILES string of the molecule is CCNC(=O)N1CC2CCC(C1)N2C[C@@H](COc1ccc(C#N)cc1)NC(=O)O. The van der Waals surface area contributed by atoms with Gasteiger partial charge in [-0.05, 0) is 44.0 Å². The Labute approximate surface area is 170 Å². The van der Waals surface area contributed by atoms with E-state index in [-0.39, 0.29) is 24.7 Å². The Morgan fingerprint density at radius 3 is 2.48 bits per heavy atom. The second-order valence-electron chi connectivity index (χ2n) is 7.42. The van der Waals surface area contributed by atoms with Gasteiger partial charge in [0.2, 0.25) is 0 Å². The zero-order valence-electron chi connectivity index (χ0n) is 16.5. The van der Waals surface area contributed by atoms with Crippen molar-refractivity contribution in [3.63, 3.8) is 0 Å². The molecule has 2 heterocycles. The summed E-state index contributed by atoms with van der Waals surface area (Å²) in [6.07, 6.45) is 0.903. The number of nitriles is 1. The minimum atomic E-state index is -1.09. The van der Waals surface area contributed by atoms with E-state index >= 15 is 0 Å². The lowest BCUT2D eigenvalue weighted by Gasteiger charge is -2.42. The Balaban J connectivity index is 1.59. The number of hydrogen-bond acceptors (Lipinski definition) is 5. The number of nitrogens with zero attached hydrogens (tertiary/aromatic N) is 3. The Morgan fingerprint density at radius 1 is 1.28 bits per heavy atom. The number of carbonyl (C=O) groups is 2. The molecule has 156 valence electrons. The van der Waals surface area contributed by atoms with Crippen LogP contribution in [0, 0.1) is 11.3 Å². The zero-order valence-corrected chi connectivity index (χ0v) is 16.5. The quantitative estimate of drug-likeness (QED) is 0.637. The average molecular weight is 401 g/mol. The molecule has 3 N–H and O–H groups in total. The molecule has 2 bridgehead atoms. The van der Waals surface area contributed by atoms with Gasteiger partial charge in [-0.15, -0.1) is 0 Å². The number of hydrogen-bond donors (Lipinski definition) is 3. The molecule has 2 fully saturated rings. The van der Waals surface area contributed by atoms with E-state index in [2.05, 4.69) is 21.6 Å². The number of urea groups is 1. The highest BCUT2D eigenvalue weighted by molar-refractivity contribution is 5.74. The van der Waals surface area contributed by atoms with Crippen LogP contribution in [0.15, 0.2) is 24.3 Å². The molecule has 1 aromatic carbocycles. The highest BCUT2D eigenvalue weighted by Gasteiger charge is 2.42. The maximum Gasteiger partial charge on any atom is 0.405 e. The van der Waals surface area contributed by atoms with Crippen molar-refractivity contribution in [2.75, 3.05) is 32.8 Å². The van der Waals surface area contributed by atoms with Crippen molar-refractivity contribution in [1.29, 1.82) is 5.26 Å². The van der Waals surface area contributed by atoms with Gasteiger partial charge < -0.3 is 25.4 Å². The standard InChI is InChI=1S/C20H27N5O4/c1-2-22-19(26)24-11-16-5-6-17(12-24)25(16)10-15(23-20(27)28)13-29-18-7-3-14(9-21)4-8-18/h3-4,7-8,15-17,23H,2,5-6,10-13H2,1H3,(H,22,26)(H,27,28)/t15-,16?,17?/m0/s1. The monoisotopic (exact) mass is 401 g/mol. The van der Waals surface area contributed by atoms with Gasteiger partial charge in [-0.3, -0.25) is 4.90 Å². The van der Waals surface area contributed by atoms with E-state index in [0.717, 1.165) is 12.8 Å². The van der Waals surface area contributed by atoms with Crippen LogP contribution in [0.1, 0.15) is 25.3 Å². The predicted molar refractivity (Wildman–Crippen MR) is 106 cm³/mol. The average Bonchev–Trinajstić information content (AvgIpc) is 2.93. The number of fused-ring (bicyclic) bond motifs is 2. The molecule has 9 nitrogen and oxygen atoms in total. The molecule has 3 atom stereocenters. The highest BCUT2D eigenvalue weighted by Crippen LogP contribution is 2.30. The van der Waals surface area contributed by atoms with Crippen LogP contribution in [-0.2, 0) is 0 Å². The Bertz CT molecular complexity index is 749. The smallest absolute Gasteiger partial charge is 0.405 e. The summed E-state index contributed by atoms with van der Waals surface area (Å²) in [5.41, 5.74) is 0.541. The van der Waals surface area contributed by atoms with Crippen LogP contribution in [0.5, 0.6) is 5.75 Å². The summed E-state index contributed by atoms with van der Waals surface area (Å²) >= 11 is 0. The molecule has 2 aliphatic rings. The van der Waals surface area contributed by atoms with Crippen LogP contribution in [0.2, 0.25) is 0 Å². The molecule has 1 aromatic rings. The van der Waals surface area contributed by atoms with Crippen molar-refractivity contribution in [1.82, 2.24) is 20.4 Å². The van der Waals surface area contributed by atoms with Gasteiger partial charge in [0.25, 0.3) is 0 Å². The molecule has 9 heteroatoms. The first-order valence-corrected chi connectivity index (χ1v) is 9.91. The first kappa shape index (κ1) is 20.7. The van der Waals surface area contributed by atoms with Gasteiger partial charge in [0, 0.05) is 38.3 Å². The number of ether oxygens (including phenoxy) is 1. The molecule has 0 aromatic heterocycles. The van der Waals surface area contributed by atoms with Crippen molar-refractivity contribution in [2.45, 2.75) is 37.9 Å². The van der Waals surface area contributed by atoms with Crippen LogP contribution < -0.4 is 15.4 Å². The van der Waals surface area contributed by atoms with Gasteiger partial charge in [-0.25, -0.2) is 9.59 Å². The molecule has 0 spiro atoms. The summed E-state index contributed by atoms with van der Waals surface area (Å²) < 4.78 is 5.76. The normalized spacial score (nSPS) is 21.9. The number of likely N-dealkylation sites (tertiary alicyclic amines) is 1. The number of amides is 3. The van der Waals surface area contributed by atoms with Crippen molar-refractivity contribution in [2.24, 2.45) is 0 Å². The molecule has 0 radical (unpaired) electrons. The summed E-state index contributed by atoms with van der Waals surface area (Å²) in [7, 11) is 0. The molecule has 2 unspecified atom stereocenters. The molecule has 0 saturated carbocycles. The number of carboxylic acid groups (broad SMARTS) is 1. The van der Waals surface area contributed by atoms with E-state index in [0.29, 0.717) is 37.5 Å². The summed E-state index contributed by atoms with van der Waals surface area (Å²) in [5.74, 6) is 0.588. The van der Waals surface area contributed by atoms with Gasteiger partial charge in [0.1, 0.15) is 12.4 Å². The highest BCUT2D eigenvalue weighted by atomic mass is 16.5.